The van der Waals surface area contributed by atoms with Crippen LogP contribution in [-0.4, -0.2) is 39.4 Å². The number of esters is 1. The van der Waals surface area contributed by atoms with Gasteiger partial charge in [0.05, 0.1) is 13.2 Å². The molecule has 0 amide bonds. The van der Waals surface area contributed by atoms with Crippen LogP contribution in [0.3, 0.4) is 0 Å². The summed E-state index contributed by atoms with van der Waals surface area (Å²) in [7, 11) is 1.19. The van der Waals surface area contributed by atoms with Crippen molar-refractivity contribution in [3.8, 4) is 0 Å². The molecule has 0 saturated carbocycles. The number of hydrogen-bond donors (Lipinski definition) is 2. The third kappa shape index (κ3) is 2.51. The number of aromatic amines is 1. The van der Waals surface area contributed by atoms with Crippen LogP contribution in [0.25, 0.3) is 0 Å². The number of H-pyrrole nitrogens is 1. The van der Waals surface area contributed by atoms with E-state index in [1.807, 2.05) is 0 Å². The second-order valence-corrected chi connectivity index (χ2v) is 5.18. The van der Waals surface area contributed by atoms with Gasteiger partial charge in [0.15, 0.2) is 5.60 Å². The predicted octanol–water partition coefficient (Wildman–Crippen LogP) is -0.387. The first kappa shape index (κ1) is 16.2. The standard InChI is InChI=1S/C14H18N2O6/c1-4-5-14(12(19)21-3)9(17)6-10(22-14)16-7-8(2)11(18)15-13(16)20/h4,7,9-10,17H,1,5-6H2,2-3H3,(H,15,18,20)/t9-,10-,14+/m1/s1. The van der Waals surface area contributed by atoms with Crippen LogP contribution in [-0.2, 0) is 14.3 Å². The molecular formula is C14H18N2O6. The van der Waals surface area contributed by atoms with Gasteiger partial charge in [0.1, 0.15) is 6.23 Å². The van der Waals surface area contributed by atoms with Crippen molar-refractivity contribution in [2.45, 2.75) is 37.7 Å². The van der Waals surface area contributed by atoms with Crippen LogP contribution in [0, 0.1) is 6.92 Å². The molecule has 2 rings (SSSR count). The lowest BCUT2D eigenvalue weighted by Crippen LogP contribution is -2.47. The zero-order chi connectivity index (χ0) is 16.5. The van der Waals surface area contributed by atoms with Crippen molar-refractivity contribution in [2.24, 2.45) is 0 Å². The molecule has 22 heavy (non-hydrogen) atoms. The third-order valence-electron chi connectivity index (χ3n) is 3.74. The average molecular weight is 310 g/mol. The lowest BCUT2D eigenvalue weighted by Gasteiger charge is -2.28. The Morgan fingerprint density at radius 3 is 2.95 bits per heavy atom. The molecule has 1 aromatic rings. The molecule has 2 heterocycles. The number of carbonyl (C=O) groups excluding carboxylic acids is 1. The summed E-state index contributed by atoms with van der Waals surface area (Å²) in [5.41, 5.74) is -2.46. The van der Waals surface area contributed by atoms with E-state index in [0.29, 0.717) is 5.56 Å². The van der Waals surface area contributed by atoms with E-state index in [1.165, 1.54) is 26.3 Å². The molecule has 0 aliphatic carbocycles. The Kier molecular flexibility index (Phi) is 4.34. The van der Waals surface area contributed by atoms with Gasteiger partial charge in [-0.1, -0.05) is 6.08 Å². The monoisotopic (exact) mass is 310 g/mol. The quantitative estimate of drug-likeness (QED) is 0.579. The van der Waals surface area contributed by atoms with Gasteiger partial charge >= 0.3 is 11.7 Å². The van der Waals surface area contributed by atoms with Crippen LogP contribution in [0.1, 0.15) is 24.6 Å². The van der Waals surface area contributed by atoms with Crippen LogP contribution in [0.2, 0.25) is 0 Å². The Morgan fingerprint density at radius 2 is 2.36 bits per heavy atom. The van der Waals surface area contributed by atoms with Crippen molar-refractivity contribution >= 4 is 5.97 Å². The topological polar surface area (TPSA) is 111 Å². The molecule has 0 aromatic carbocycles. The highest BCUT2D eigenvalue weighted by Gasteiger charge is 2.54. The number of rotatable bonds is 4. The van der Waals surface area contributed by atoms with Gasteiger partial charge in [-0.2, -0.15) is 0 Å². The fourth-order valence-electron chi connectivity index (χ4n) is 2.56. The first-order chi connectivity index (χ1) is 10.4. The maximum atomic E-state index is 12.0. The van der Waals surface area contributed by atoms with Crippen molar-refractivity contribution in [3.63, 3.8) is 0 Å². The molecule has 0 spiro atoms. The normalized spacial score (nSPS) is 27.6. The number of aliphatic hydroxyl groups excluding tert-OH is 1. The first-order valence-corrected chi connectivity index (χ1v) is 6.73. The largest absolute Gasteiger partial charge is 0.467 e. The van der Waals surface area contributed by atoms with Crippen LogP contribution in [0.5, 0.6) is 0 Å². The molecule has 0 bridgehead atoms. The predicted molar refractivity (Wildman–Crippen MR) is 76.4 cm³/mol. The SMILES string of the molecule is C=CC[C@]1(C(=O)OC)O[C@@H](n2cc(C)c(=O)[nH]c2=O)C[C@H]1O. The lowest BCUT2D eigenvalue weighted by atomic mass is 9.93. The summed E-state index contributed by atoms with van der Waals surface area (Å²) in [5.74, 6) is -0.739. The highest BCUT2D eigenvalue weighted by Crippen LogP contribution is 2.39. The number of methoxy groups -OCH3 is 1. The summed E-state index contributed by atoms with van der Waals surface area (Å²) in [6.45, 7) is 5.09. The number of carbonyl (C=O) groups is 1. The smallest absolute Gasteiger partial charge is 0.341 e. The average Bonchev–Trinajstić information content (AvgIpc) is 2.80. The molecule has 1 aliphatic rings. The van der Waals surface area contributed by atoms with Crippen LogP contribution in [0.15, 0.2) is 28.4 Å². The second-order valence-electron chi connectivity index (χ2n) is 5.18. The van der Waals surface area contributed by atoms with Gasteiger partial charge in [0.2, 0.25) is 0 Å². The number of aromatic nitrogens is 2. The molecule has 8 nitrogen and oxygen atoms in total. The second kappa shape index (κ2) is 5.90. The number of ether oxygens (including phenoxy) is 2. The Hall–Kier alpha value is -2.19. The summed E-state index contributed by atoms with van der Waals surface area (Å²) in [4.78, 5) is 37.5. The Labute approximate surface area is 126 Å². The first-order valence-electron chi connectivity index (χ1n) is 6.73. The molecular weight excluding hydrogens is 292 g/mol. The van der Waals surface area contributed by atoms with E-state index in [4.69, 9.17) is 9.47 Å². The molecule has 1 fully saturated rings. The zero-order valence-electron chi connectivity index (χ0n) is 12.4. The molecule has 0 unspecified atom stereocenters. The zero-order valence-corrected chi connectivity index (χ0v) is 12.4. The van der Waals surface area contributed by atoms with Gasteiger partial charge in [-0.3, -0.25) is 14.3 Å². The Bertz CT molecular complexity index is 706. The number of aryl methyl sites for hydroxylation is 1. The van der Waals surface area contributed by atoms with Crippen LogP contribution in [0.4, 0.5) is 0 Å². The minimum atomic E-state index is -1.61. The molecule has 1 aromatic heterocycles. The van der Waals surface area contributed by atoms with Crippen molar-refractivity contribution in [1.82, 2.24) is 9.55 Å². The van der Waals surface area contributed by atoms with Crippen molar-refractivity contribution in [1.29, 1.82) is 0 Å². The van der Waals surface area contributed by atoms with Crippen molar-refractivity contribution < 1.29 is 19.4 Å². The number of nitrogens with zero attached hydrogens (tertiary/aromatic N) is 1. The van der Waals surface area contributed by atoms with E-state index in [1.54, 1.807) is 0 Å². The fraction of sp³-hybridized carbons (Fsp3) is 0.500. The highest BCUT2D eigenvalue weighted by molar-refractivity contribution is 5.81. The number of aliphatic hydroxyl groups is 1. The van der Waals surface area contributed by atoms with Gasteiger partial charge in [-0.05, 0) is 6.92 Å². The van der Waals surface area contributed by atoms with Crippen LogP contribution >= 0.6 is 0 Å². The third-order valence-corrected chi connectivity index (χ3v) is 3.74. The van der Waals surface area contributed by atoms with E-state index in [9.17, 15) is 19.5 Å². The molecule has 2 N–H and O–H groups in total. The van der Waals surface area contributed by atoms with E-state index < -0.39 is 35.2 Å². The minimum absolute atomic E-state index is 0.00826. The molecule has 120 valence electrons. The van der Waals surface area contributed by atoms with Crippen LogP contribution < -0.4 is 11.2 Å². The minimum Gasteiger partial charge on any atom is -0.467 e. The summed E-state index contributed by atoms with van der Waals surface area (Å²) in [6, 6.07) is 0. The van der Waals surface area contributed by atoms with E-state index in [-0.39, 0.29) is 12.8 Å². The number of hydrogen-bond acceptors (Lipinski definition) is 6. The summed E-state index contributed by atoms with van der Waals surface area (Å²) in [6.07, 6.45) is 0.755. The molecule has 1 aliphatic heterocycles. The Morgan fingerprint density at radius 1 is 1.68 bits per heavy atom. The summed E-state index contributed by atoms with van der Waals surface area (Å²) in [5, 5.41) is 10.3. The lowest BCUT2D eigenvalue weighted by molar-refractivity contribution is -0.180. The van der Waals surface area contributed by atoms with Gasteiger partial charge in [0.25, 0.3) is 5.56 Å². The summed E-state index contributed by atoms with van der Waals surface area (Å²) < 4.78 is 11.5. The van der Waals surface area contributed by atoms with Gasteiger partial charge in [-0.15, -0.1) is 6.58 Å². The van der Waals surface area contributed by atoms with Crippen molar-refractivity contribution in [3.05, 3.63) is 45.3 Å². The highest BCUT2D eigenvalue weighted by atomic mass is 16.6. The number of nitrogens with one attached hydrogen (secondary N) is 1. The molecule has 3 atom stereocenters. The molecule has 1 saturated heterocycles. The van der Waals surface area contributed by atoms with Gasteiger partial charge < -0.3 is 14.6 Å². The van der Waals surface area contributed by atoms with E-state index in [0.717, 1.165) is 4.57 Å². The van der Waals surface area contributed by atoms with Gasteiger partial charge in [0, 0.05) is 24.6 Å². The van der Waals surface area contributed by atoms with E-state index >= 15 is 0 Å². The van der Waals surface area contributed by atoms with E-state index in [2.05, 4.69) is 11.6 Å². The molecule has 0 radical (unpaired) electrons. The molecule has 8 heteroatoms. The maximum absolute atomic E-state index is 12.0. The van der Waals surface area contributed by atoms with Crippen molar-refractivity contribution in [2.75, 3.05) is 7.11 Å². The fourth-order valence-corrected chi connectivity index (χ4v) is 2.56. The van der Waals surface area contributed by atoms with Gasteiger partial charge in [-0.25, -0.2) is 9.59 Å². The summed E-state index contributed by atoms with van der Waals surface area (Å²) >= 11 is 0. The maximum Gasteiger partial charge on any atom is 0.341 e. The Balaban J connectivity index is 2.43.